The highest BCUT2D eigenvalue weighted by atomic mass is 19.1. The van der Waals surface area contributed by atoms with Gasteiger partial charge in [0.1, 0.15) is 5.82 Å². The molecule has 178 valence electrons. The molecular weight excluding hydrogens is 427 g/mol. The Balaban J connectivity index is 1.72. The van der Waals surface area contributed by atoms with Gasteiger partial charge in [0.25, 0.3) is 5.91 Å². The topological polar surface area (TPSA) is 84.7 Å². The summed E-state index contributed by atoms with van der Waals surface area (Å²) in [5, 5.41) is 4.36. The third kappa shape index (κ3) is 5.58. The van der Waals surface area contributed by atoms with Gasteiger partial charge in [0, 0.05) is 20.1 Å². The number of carbonyl (C=O) groups excluding carboxylic acids is 3. The largest absolute Gasteiger partial charge is 0.466 e. The number of rotatable bonds is 7. The molecule has 8 nitrogen and oxygen atoms in total. The summed E-state index contributed by atoms with van der Waals surface area (Å²) in [5.41, 5.74) is 1.73. The number of amides is 2. The molecule has 1 saturated heterocycles. The molecule has 1 unspecified atom stereocenters. The Morgan fingerprint density at radius 2 is 1.94 bits per heavy atom. The standard InChI is InChI=1S/C24H31FN4O4/c1-5-33-24(32)17-7-6-12-28(14-17)21(30)15-27(4)23(31)20-13-26-29(22(20)16(2)3)19-10-8-18(25)9-11-19/h8-11,13,16-17H,5-7,12,14-15H2,1-4H3. The van der Waals surface area contributed by atoms with E-state index in [1.54, 1.807) is 35.7 Å². The number of piperidine rings is 1. The molecule has 2 aromatic rings. The molecule has 33 heavy (non-hydrogen) atoms. The third-order valence-corrected chi connectivity index (χ3v) is 5.77. The molecule has 1 fully saturated rings. The average molecular weight is 459 g/mol. The minimum absolute atomic E-state index is 0.0342. The number of aromatic nitrogens is 2. The number of carbonyl (C=O) groups is 3. The summed E-state index contributed by atoms with van der Waals surface area (Å²) in [7, 11) is 1.58. The first-order chi connectivity index (χ1) is 15.7. The van der Waals surface area contributed by atoms with E-state index in [0.29, 0.717) is 43.1 Å². The lowest BCUT2D eigenvalue weighted by atomic mass is 9.98. The molecule has 3 rings (SSSR count). The zero-order chi connectivity index (χ0) is 24.1. The predicted molar refractivity (Wildman–Crippen MR) is 121 cm³/mol. The summed E-state index contributed by atoms with van der Waals surface area (Å²) in [4.78, 5) is 41.1. The van der Waals surface area contributed by atoms with E-state index in [9.17, 15) is 18.8 Å². The van der Waals surface area contributed by atoms with E-state index >= 15 is 0 Å². The number of hydrogen-bond acceptors (Lipinski definition) is 5. The van der Waals surface area contributed by atoms with Crippen molar-refractivity contribution in [2.75, 3.05) is 33.3 Å². The minimum Gasteiger partial charge on any atom is -0.466 e. The summed E-state index contributed by atoms with van der Waals surface area (Å²) in [6.07, 6.45) is 2.90. The summed E-state index contributed by atoms with van der Waals surface area (Å²) in [5.74, 6) is -1.53. The summed E-state index contributed by atoms with van der Waals surface area (Å²) >= 11 is 0. The van der Waals surface area contributed by atoms with Crippen LogP contribution in [-0.4, -0.2) is 70.7 Å². The van der Waals surface area contributed by atoms with Crippen LogP contribution in [-0.2, 0) is 14.3 Å². The highest BCUT2D eigenvalue weighted by molar-refractivity contribution is 5.97. The number of nitrogens with zero attached hydrogens (tertiary/aromatic N) is 4. The van der Waals surface area contributed by atoms with Crippen molar-refractivity contribution in [1.29, 1.82) is 0 Å². The van der Waals surface area contributed by atoms with Crippen molar-refractivity contribution < 1.29 is 23.5 Å². The molecule has 0 spiro atoms. The van der Waals surface area contributed by atoms with Gasteiger partial charge in [-0.2, -0.15) is 5.10 Å². The molecule has 0 saturated carbocycles. The van der Waals surface area contributed by atoms with Crippen LogP contribution in [0.2, 0.25) is 0 Å². The van der Waals surface area contributed by atoms with Gasteiger partial charge in [0.2, 0.25) is 5.91 Å². The Hall–Kier alpha value is -3.23. The van der Waals surface area contributed by atoms with Crippen LogP contribution in [0.3, 0.4) is 0 Å². The van der Waals surface area contributed by atoms with Gasteiger partial charge >= 0.3 is 5.97 Å². The molecule has 1 aromatic heterocycles. The second-order valence-electron chi connectivity index (χ2n) is 8.58. The second-order valence-corrected chi connectivity index (χ2v) is 8.58. The van der Waals surface area contributed by atoms with Crippen molar-refractivity contribution in [3.63, 3.8) is 0 Å². The van der Waals surface area contributed by atoms with Gasteiger partial charge in [-0.25, -0.2) is 9.07 Å². The number of benzene rings is 1. The van der Waals surface area contributed by atoms with Crippen LogP contribution in [0.5, 0.6) is 0 Å². The number of likely N-dealkylation sites (tertiary alicyclic amines) is 1. The van der Waals surface area contributed by atoms with Crippen LogP contribution >= 0.6 is 0 Å². The zero-order valence-corrected chi connectivity index (χ0v) is 19.6. The highest BCUT2D eigenvalue weighted by Gasteiger charge is 2.31. The van der Waals surface area contributed by atoms with Crippen LogP contribution in [0.4, 0.5) is 4.39 Å². The second kappa shape index (κ2) is 10.6. The van der Waals surface area contributed by atoms with Crippen LogP contribution < -0.4 is 0 Å². The fourth-order valence-electron chi connectivity index (χ4n) is 4.10. The summed E-state index contributed by atoms with van der Waals surface area (Å²) in [6, 6.07) is 5.89. The van der Waals surface area contributed by atoms with Gasteiger partial charge in [-0.05, 0) is 49.9 Å². The SMILES string of the molecule is CCOC(=O)C1CCCN(C(=O)CN(C)C(=O)c2cnn(-c3ccc(F)cc3)c2C(C)C)C1. The molecule has 1 atom stereocenters. The van der Waals surface area contributed by atoms with Gasteiger partial charge in [-0.15, -0.1) is 0 Å². The Bertz CT molecular complexity index is 1000. The monoisotopic (exact) mass is 458 g/mol. The number of hydrogen-bond donors (Lipinski definition) is 0. The van der Waals surface area contributed by atoms with Gasteiger partial charge in [-0.3, -0.25) is 14.4 Å². The fourth-order valence-corrected chi connectivity index (χ4v) is 4.10. The lowest BCUT2D eigenvalue weighted by molar-refractivity contribution is -0.151. The Morgan fingerprint density at radius 3 is 2.58 bits per heavy atom. The van der Waals surface area contributed by atoms with Crippen molar-refractivity contribution >= 4 is 17.8 Å². The van der Waals surface area contributed by atoms with E-state index in [4.69, 9.17) is 4.74 Å². The van der Waals surface area contributed by atoms with Crippen LogP contribution in [0.1, 0.15) is 55.6 Å². The molecule has 9 heteroatoms. The first-order valence-corrected chi connectivity index (χ1v) is 11.3. The zero-order valence-electron chi connectivity index (χ0n) is 19.6. The van der Waals surface area contributed by atoms with Crippen molar-refractivity contribution in [3.8, 4) is 5.69 Å². The molecule has 0 aliphatic carbocycles. The average Bonchev–Trinajstić information content (AvgIpc) is 3.24. The van der Waals surface area contributed by atoms with Crippen molar-refractivity contribution in [3.05, 3.63) is 47.5 Å². The molecule has 2 heterocycles. The van der Waals surface area contributed by atoms with Gasteiger partial charge < -0.3 is 14.5 Å². The third-order valence-electron chi connectivity index (χ3n) is 5.77. The predicted octanol–water partition coefficient (Wildman–Crippen LogP) is 3.01. The molecule has 2 amide bonds. The molecule has 1 aliphatic rings. The van der Waals surface area contributed by atoms with Crippen molar-refractivity contribution in [1.82, 2.24) is 19.6 Å². The number of ether oxygens (including phenoxy) is 1. The van der Waals surface area contributed by atoms with Gasteiger partial charge in [0.05, 0.1) is 42.2 Å². The molecule has 0 radical (unpaired) electrons. The molecule has 1 aliphatic heterocycles. The number of esters is 1. The van der Waals surface area contributed by atoms with E-state index in [1.165, 1.54) is 23.2 Å². The van der Waals surface area contributed by atoms with E-state index in [2.05, 4.69) is 5.10 Å². The van der Waals surface area contributed by atoms with Crippen molar-refractivity contribution in [2.24, 2.45) is 5.92 Å². The number of likely N-dealkylation sites (N-methyl/N-ethyl adjacent to an activating group) is 1. The van der Waals surface area contributed by atoms with Crippen LogP contribution in [0, 0.1) is 11.7 Å². The Labute approximate surface area is 193 Å². The Kier molecular flexibility index (Phi) is 7.84. The maximum absolute atomic E-state index is 13.3. The van der Waals surface area contributed by atoms with E-state index in [1.807, 2.05) is 13.8 Å². The van der Waals surface area contributed by atoms with Gasteiger partial charge in [0.15, 0.2) is 0 Å². The molecule has 0 N–H and O–H groups in total. The first kappa shape index (κ1) is 24.4. The normalized spacial score (nSPS) is 16.1. The van der Waals surface area contributed by atoms with E-state index < -0.39 is 0 Å². The highest BCUT2D eigenvalue weighted by Crippen LogP contribution is 2.24. The van der Waals surface area contributed by atoms with Gasteiger partial charge in [-0.1, -0.05) is 13.8 Å². The Morgan fingerprint density at radius 1 is 1.24 bits per heavy atom. The molecular formula is C24H31FN4O4. The summed E-state index contributed by atoms with van der Waals surface area (Å²) in [6.45, 7) is 6.71. The summed E-state index contributed by atoms with van der Waals surface area (Å²) < 4.78 is 20.1. The lowest BCUT2D eigenvalue weighted by Crippen LogP contribution is -2.47. The molecule has 1 aromatic carbocycles. The van der Waals surface area contributed by atoms with Crippen LogP contribution in [0.15, 0.2) is 30.5 Å². The number of halogens is 1. The first-order valence-electron chi connectivity index (χ1n) is 11.3. The quantitative estimate of drug-likeness (QED) is 0.596. The minimum atomic E-state index is -0.352. The van der Waals surface area contributed by atoms with E-state index in [0.717, 1.165) is 6.42 Å². The molecule has 0 bridgehead atoms. The fraction of sp³-hybridized carbons (Fsp3) is 0.500. The lowest BCUT2D eigenvalue weighted by Gasteiger charge is -2.32. The smallest absolute Gasteiger partial charge is 0.310 e. The maximum Gasteiger partial charge on any atom is 0.310 e. The van der Waals surface area contributed by atoms with Crippen LogP contribution in [0.25, 0.3) is 5.69 Å². The van der Waals surface area contributed by atoms with E-state index in [-0.39, 0.29) is 42.0 Å². The van der Waals surface area contributed by atoms with Crippen molar-refractivity contribution in [2.45, 2.75) is 39.5 Å². The maximum atomic E-state index is 13.3.